The second kappa shape index (κ2) is 9.03. The summed E-state index contributed by atoms with van der Waals surface area (Å²) in [4.78, 5) is 23.7. The number of nitrogens with one attached hydrogen (secondary N) is 3. The molecule has 1 unspecified atom stereocenters. The van der Waals surface area contributed by atoms with E-state index in [1.807, 2.05) is 0 Å². The molecule has 5 heteroatoms. The molecule has 2 fully saturated rings. The lowest BCUT2D eigenvalue weighted by molar-refractivity contribution is -0.124. The van der Waals surface area contributed by atoms with Crippen molar-refractivity contribution in [3.05, 3.63) is 0 Å². The van der Waals surface area contributed by atoms with E-state index in [4.69, 9.17) is 0 Å². The highest BCUT2D eigenvalue weighted by Gasteiger charge is 2.20. The maximum atomic E-state index is 11.9. The van der Waals surface area contributed by atoms with Crippen molar-refractivity contribution in [2.75, 3.05) is 19.6 Å². The van der Waals surface area contributed by atoms with Gasteiger partial charge in [0.2, 0.25) is 11.8 Å². The molecule has 3 N–H and O–H groups in total. The average molecular weight is 295 g/mol. The molecule has 1 heterocycles. The van der Waals surface area contributed by atoms with Crippen LogP contribution in [0.2, 0.25) is 0 Å². The predicted molar refractivity (Wildman–Crippen MR) is 82.9 cm³/mol. The van der Waals surface area contributed by atoms with E-state index in [0.29, 0.717) is 25.4 Å². The third-order valence-electron chi connectivity index (χ3n) is 4.57. The molecule has 1 aliphatic carbocycles. The van der Waals surface area contributed by atoms with E-state index in [1.54, 1.807) is 0 Å². The van der Waals surface area contributed by atoms with Crippen LogP contribution in [0.1, 0.15) is 57.8 Å². The summed E-state index contributed by atoms with van der Waals surface area (Å²) in [6.45, 7) is 1.98. The largest absolute Gasteiger partial charge is 0.354 e. The highest BCUT2D eigenvalue weighted by Crippen LogP contribution is 2.25. The number of amides is 2. The molecule has 1 aliphatic heterocycles. The Labute approximate surface area is 127 Å². The van der Waals surface area contributed by atoms with E-state index in [0.717, 1.165) is 25.8 Å². The number of hydrogen-bond donors (Lipinski definition) is 3. The van der Waals surface area contributed by atoms with Crippen LogP contribution in [0.4, 0.5) is 0 Å². The molecule has 1 atom stereocenters. The summed E-state index contributed by atoms with van der Waals surface area (Å²) in [5.41, 5.74) is 0. The van der Waals surface area contributed by atoms with Gasteiger partial charge in [0.05, 0.1) is 6.04 Å². The fraction of sp³-hybridized carbons (Fsp3) is 0.875. The Morgan fingerprint density at radius 1 is 0.905 bits per heavy atom. The Kier molecular flexibility index (Phi) is 7.00. The van der Waals surface area contributed by atoms with Crippen molar-refractivity contribution in [2.45, 2.75) is 63.8 Å². The van der Waals surface area contributed by atoms with Crippen molar-refractivity contribution in [1.29, 1.82) is 0 Å². The zero-order chi connectivity index (χ0) is 14.9. The molecule has 1 saturated carbocycles. The van der Waals surface area contributed by atoms with E-state index >= 15 is 0 Å². The van der Waals surface area contributed by atoms with Crippen molar-refractivity contribution in [3.8, 4) is 0 Å². The van der Waals surface area contributed by atoms with Crippen LogP contribution in [0.3, 0.4) is 0 Å². The Bertz CT molecular complexity index is 334. The van der Waals surface area contributed by atoms with E-state index in [1.165, 1.54) is 32.1 Å². The van der Waals surface area contributed by atoms with Gasteiger partial charge in [0.15, 0.2) is 0 Å². The van der Waals surface area contributed by atoms with Gasteiger partial charge in [-0.1, -0.05) is 25.7 Å². The first-order chi connectivity index (χ1) is 10.3. The summed E-state index contributed by atoms with van der Waals surface area (Å²) in [6, 6.07) is -0.0447. The van der Waals surface area contributed by atoms with Crippen LogP contribution in [0.25, 0.3) is 0 Å². The maximum absolute atomic E-state index is 11.9. The second-order valence-electron chi connectivity index (χ2n) is 6.35. The zero-order valence-corrected chi connectivity index (χ0v) is 13.0. The molecule has 5 nitrogen and oxygen atoms in total. The minimum Gasteiger partial charge on any atom is -0.354 e. The standard InChI is InChI=1S/C16H29N3O2/c20-15(12-13-6-2-1-3-7-13)18-10-11-19-16(21)14-8-4-5-9-17-14/h13-14,17H,1-12H2,(H,18,20)(H,19,21). The molecule has 0 aromatic rings. The van der Waals surface area contributed by atoms with Gasteiger partial charge in [-0.2, -0.15) is 0 Å². The Morgan fingerprint density at radius 2 is 1.62 bits per heavy atom. The number of carbonyl (C=O) groups excluding carboxylic acids is 2. The van der Waals surface area contributed by atoms with Crippen LogP contribution in [0, 0.1) is 5.92 Å². The molecule has 2 aliphatic rings. The first-order valence-corrected chi connectivity index (χ1v) is 8.53. The minimum atomic E-state index is -0.0447. The van der Waals surface area contributed by atoms with E-state index in [2.05, 4.69) is 16.0 Å². The second-order valence-corrected chi connectivity index (χ2v) is 6.35. The normalized spacial score (nSPS) is 23.5. The minimum absolute atomic E-state index is 0.0447. The van der Waals surface area contributed by atoms with Gasteiger partial charge < -0.3 is 16.0 Å². The summed E-state index contributed by atoms with van der Waals surface area (Å²) in [5, 5.41) is 9.03. The molecular formula is C16H29N3O2. The maximum Gasteiger partial charge on any atom is 0.237 e. The van der Waals surface area contributed by atoms with Crippen LogP contribution in [0.15, 0.2) is 0 Å². The molecule has 0 aromatic heterocycles. The van der Waals surface area contributed by atoms with Gasteiger partial charge >= 0.3 is 0 Å². The smallest absolute Gasteiger partial charge is 0.237 e. The van der Waals surface area contributed by atoms with Crippen LogP contribution in [-0.2, 0) is 9.59 Å². The van der Waals surface area contributed by atoms with E-state index in [-0.39, 0.29) is 17.9 Å². The number of hydrogen-bond acceptors (Lipinski definition) is 3. The zero-order valence-electron chi connectivity index (χ0n) is 13.0. The molecule has 2 amide bonds. The van der Waals surface area contributed by atoms with Crippen molar-refractivity contribution in [2.24, 2.45) is 5.92 Å². The van der Waals surface area contributed by atoms with Gasteiger partial charge in [-0.05, 0) is 38.1 Å². The van der Waals surface area contributed by atoms with Crippen LogP contribution in [0.5, 0.6) is 0 Å². The lowest BCUT2D eigenvalue weighted by Crippen LogP contribution is -2.48. The summed E-state index contributed by atoms with van der Waals surface area (Å²) >= 11 is 0. The number of carbonyl (C=O) groups is 2. The van der Waals surface area contributed by atoms with Crippen LogP contribution in [-0.4, -0.2) is 37.5 Å². The molecule has 0 radical (unpaired) electrons. The Morgan fingerprint density at radius 3 is 2.33 bits per heavy atom. The molecule has 2 rings (SSSR count). The third kappa shape index (κ3) is 6.04. The van der Waals surface area contributed by atoms with Crippen molar-refractivity contribution >= 4 is 11.8 Å². The first kappa shape index (κ1) is 16.3. The molecule has 0 aromatic carbocycles. The predicted octanol–water partition coefficient (Wildman–Crippen LogP) is 1.33. The van der Waals surface area contributed by atoms with Crippen LogP contribution < -0.4 is 16.0 Å². The van der Waals surface area contributed by atoms with Crippen molar-refractivity contribution < 1.29 is 9.59 Å². The molecule has 120 valence electrons. The lowest BCUT2D eigenvalue weighted by Gasteiger charge is -2.22. The highest BCUT2D eigenvalue weighted by atomic mass is 16.2. The van der Waals surface area contributed by atoms with Gasteiger partial charge in [0.1, 0.15) is 0 Å². The van der Waals surface area contributed by atoms with Gasteiger partial charge in [-0.15, -0.1) is 0 Å². The summed E-state index contributed by atoms with van der Waals surface area (Å²) < 4.78 is 0. The number of rotatable bonds is 6. The molecular weight excluding hydrogens is 266 g/mol. The van der Waals surface area contributed by atoms with Gasteiger partial charge in [-0.25, -0.2) is 0 Å². The summed E-state index contributed by atoms with van der Waals surface area (Å²) in [5.74, 6) is 0.767. The number of piperidine rings is 1. The Balaban J connectivity index is 1.52. The summed E-state index contributed by atoms with van der Waals surface area (Å²) in [7, 11) is 0. The first-order valence-electron chi connectivity index (χ1n) is 8.53. The fourth-order valence-corrected chi connectivity index (χ4v) is 3.31. The van der Waals surface area contributed by atoms with Gasteiger partial charge in [-0.3, -0.25) is 9.59 Å². The lowest BCUT2D eigenvalue weighted by atomic mass is 9.87. The van der Waals surface area contributed by atoms with Gasteiger partial charge in [0, 0.05) is 19.5 Å². The third-order valence-corrected chi connectivity index (χ3v) is 4.57. The fourth-order valence-electron chi connectivity index (χ4n) is 3.31. The molecule has 0 spiro atoms. The van der Waals surface area contributed by atoms with E-state index in [9.17, 15) is 9.59 Å². The van der Waals surface area contributed by atoms with E-state index < -0.39 is 0 Å². The monoisotopic (exact) mass is 295 g/mol. The highest BCUT2D eigenvalue weighted by molar-refractivity contribution is 5.82. The Hall–Kier alpha value is -1.10. The molecule has 1 saturated heterocycles. The van der Waals surface area contributed by atoms with Gasteiger partial charge in [0.25, 0.3) is 0 Å². The average Bonchev–Trinajstić information content (AvgIpc) is 2.53. The molecule has 0 bridgehead atoms. The topological polar surface area (TPSA) is 70.2 Å². The molecule has 21 heavy (non-hydrogen) atoms. The quantitative estimate of drug-likeness (QED) is 0.648. The van der Waals surface area contributed by atoms with Crippen molar-refractivity contribution in [1.82, 2.24) is 16.0 Å². The van der Waals surface area contributed by atoms with Crippen LogP contribution >= 0.6 is 0 Å². The SMILES string of the molecule is O=C(CC1CCCCC1)NCCNC(=O)C1CCCCN1. The van der Waals surface area contributed by atoms with Crippen molar-refractivity contribution in [3.63, 3.8) is 0 Å². The summed E-state index contributed by atoms with van der Waals surface area (Å²) in [6.07, 6.45) is 10.1.